The van der Waals surface area contributed by atoms with Crippen LogP contribution in [-0.2, 0) is 11.3 Å². The lowest BCUT2D eigenvalue weighted by Crippen LogP contribution is -2.31. The summed E-state index contributed by atoms with van der Waals surface area (Å²) in [5, 5.41) is 13.8. The first-order chi connectivity index (χ1) is 8.34. The molecular formula is C11H19N5O. The third-order valence-electron chi connectivity index (χ3n) is 3.02. The summed E-state index contributed by atoms with van der Waals surface area (Å²) < 4.78 is 1.66. The van der Waals surface area contributed by atoms with E-state index in [1.165, 1.54) is 12.8 Å². The molecule has 2 rings (SSSR count). The Balaban J connectivity index is 1.54. The van der Waals surface area contributed by atoms with E-state index in [9.17, 15) is 4.79 Å². The van der Waals surface area contributed by atoms with E-state index in [1.54, 1.807) is 17.1 Å². The van der Waals surface area contributed by atoms with Crippen molar-refractivity contribution in [1.29, 1.82) is 0 Å². The van der Waals surface area contributed by atoms with E-state index in [0.717, 1.165) is 19.5 Å². The molecule has 1 saturated heterocycles. The van der Waals surface area contributed by atoms with Crippen molar-refractivity contribution in [2.45, 2.75) is 38.3 Å². The first-order valence-electron chi connectivity index (χ1n) is 6.19. The molecule has 6 heteroatoms. The van der Waals surface area contributed by atoms with Gasteiger partial charge in [0.15, 0.2) is 0 Å². The lowest BCUT2D eigenvalue weighted by molar-refractivity contribution is -0.121. The molecule has 0 saturated carbocycles. The minimum atomic E-state index is 0.0819. The van der Waals surface area contributed by atoms with Crippen molar-refractivity contribution in [2.24, 2.45) is 0 Å². The maximum Gasteiger partial charge on any atom is 0.221 e. The number of carbonyl (C=O) groups excluding carboxylic acids is 1. The Morgan fingerprint density at radius 2 is 2.53 bits per heavy atom. The molecule has 0 bridgehead atoms. The molecule has 1 amide bonds. The highest BCUT2D eigenvalue weighted by atomic mass is 16.1. The van der Waals surface area contributed by atoms with E-state index in [-0.39, 0.29) is 5.91 Å². The third kappa shape index (κ3) is 4.14. The molecule has 2 N–H and O–H groups in total. The predicted molar refractivity (Wildman–Crippen MR) is 63.3 cm³/mol. The van der Waals surface area contributed by atoms with Gasteiger partial charge in [0.05, 0.1) is 12.7 Å². The first-order valence-corrected chi connectivity index (χ1v) is 6.19. The van der Waals surface area contributed by atoms with Crippen molar-refractivity contribution in [3.8, 4) is 0 Å². The molecule has 0 unspecified atom stereocenters. The summed E-state index contributed by atoms with van der Waals surface area (Å²) in [6.45, 7) is 2.46. The zero-order chi connectivity index (χ0) is 11.9. The summed E-state index contributed by atoms with van der Waals surface area (Å²) >= 11 is 0. The lowest BCUT2D eigenvalue weighted by Gasteiger charge is -2.10. The van der Waals surface area contributed by atoms with E-state index >= 15 is 0 Å². The minimum absolute atomic E-state index is 0.0819. The van der Waals surface area contributed by atoms with Crippen molar-refractivity contribution >= 4 is 5.91 Å². The number of hydrogen-bond acceptors (Lipinski definition) is 4. The van der Waals surface area contributed by atoms with Crippen molar-refractivity contribution in [3.05, 3.63) is 12.4 Å². The fourth-order valence-electron chi connectivity index (χ4n) is 2.05. The van der Waals surface area contributed by atoms with Gasteiger partial charge < -0.3 is 10.6 Å². The number of aromatic nitrogens is 3. The number of rotatable bonds is 6. The maximum atomic E-state index is 11.5. The van der Waals surface area contributed by atoms with Gasteiger partial charge in [-0.3, -0.25) is 9.48 Å². The zero-order valence-electron chi connectivity index (χ0n) is 9.93. The van der Waals surface area contributed by atoms with Crippen LogP contribution in [0.3, 0.4) is 0 Å². The number of aryl methyl sites for hydroxylation is 1. The average Bonchev–Trinajstić information content (AvgIpc) is 2.99. The summed E-state index contributed by atoms with van der Waals surface area (Å²) in [5.74, 6) is 0.0819. The molecule has 1 aromatic heterocycles. The van der Waals surface area contributed by atoms with Gasteiger partial charge in [-0.2, -0.15) is 0 Å². The van der Waals surface area contributed by atoms with Crippen LogP contribution in [0.4, 0.5) is 0 Å². The van der Waals surface area contributed by atoms with Gasteiger partial charge in [0.25, 0.3) is 0 Å². The third-order valence-corrected chi connectivity index (χ3v) is 3.02. The van der Waals surface area contributed by atoms with E-state index in [1.807, 2.05) is 0 Å². The summed E-state index contributed by atoms with van der Waals surface area (Å²) in [6, 6.07) is 0.589. The van der Waals surface area contributed by atoms with Crippen LogP contribution in [0.1, 0.15) is 25.7 Å². The molecule has 1 aromatic rings. The Bertz CT molecular complexity index is 332. The van der Waals surface area contributed by atoms with Crippen LogP contribution in [0.15, 0.2) is 12.4 Å². The molecule has 1 aliphatic heterocycles. The molecule has 0 radical (unpaired) electrons. The van der Waals surface area contributed by atoms with Gasteiger partial charge in [-0.15, -0.1) is 5.10 Å². The van der Waals surface area contributed by atoms with E-state index in [0.29, 0.717) is 19.0 Å². The Morgan fingerprint density at radius 3 is 3.24 bits per heavy atom. The number of amides is 1. The summed E-state index contributed by atoms with van der Waals surface area (Å²) in [6.07, 6.45) is 7.34. The van der Waals surface area contributed by atoms with Gasteiger partial charge in [-0.1, -0.05) is 5.21 Å². The van der Waals surface area contributed by atoms with Gasteiger partial charge in [0.1, 0.15) is 0 Å². The molecular weight excluding hydrogens is 218 g/mol. The largest absolute Gasteiger partial charge is 0.356 e. The molecule has 94 valence electrons. The van der Waals surface area contributed by atoms with Gasteiger partial charge in [-0.25, -0.2) is 0 Å². The topological polar surface area (TPSA) is 71.8 Å². The van der Waals surface area contributed by atoms with Gasteiger partial charge >= 0.3 is 0 Å². The van der Waals surface area contributed by atoms with Crippen molar-refractivity contribution in [2.75, 3.05) is 13.1 Å². The highest BCUT2D eigenvalue weighted by Gasteiger charge is 2.13. The predicted octanol–water partition coefficient (Wildman–Crippen LogP) is -0.0735. The van der Waals surface area contributed by atoms with Crippen LogP contribution in [0.2, 0.25) is 0 Å². The lowest BCUT2D eigenvalue weighted by atomic mass is 10.1. The Labute approximate surface area is 101 Å². The molecule has 1 aliphatic rings. The second-order valence-electron chi connectivity index (χ2n) is 4.35. The molecule has 6 nitrogen and oxygen atoms in total. The molecule has 0 aromatic carbocycles. The smallest absolute Gasteiger partial charge is 0.221 e. The number of nitrogens with zero attached hydrogens (tertiary/aromatic N) is 3. The van der Waals surface area contributed by atoms with Gasteiger partial charge in [-0.05, 0) is 25.8 Å². The summed E-state index contributed by atoms with van der Waals surface area (Å²) in [7, 11) is 0. The minimum Gasteiger partial charge on any atom is -0.356 e. The van der Waals surface area contributed by atoms with Crippen LogP contribution < -0.4 is 10.6 Å². The molecule has 0 aliphatic carbocycles. The van der Waals surface area contributed by atoms with Crippen LogP contribution in [-0.4, -0.2) is 40.0 Å². The van der Waals surface area contributed by atoms with Gasteiger partial charge in [0.2, 0.25) is 5.91 Å². The van der Waals surface area contributed by atoms with Crippen molar-refractivity contribution in [1.82, 2.24) is 25.6 Å². The van der Waals surface area contributed by atoms with Crippen molar-refractivity contribution in [3.63, 3.8) is 0 Å². The number of hydrogen-bond donors (Lipinski definition) is 2. The van der Waals surface area contributed by atoms with Crippen LogP contribution in [0.25, 0.3) is 0 Å². The molecule has 1 atom stereocenters. The second kappa shape index (κ2) is 6.34. The van der Waals surface area contributed by atoms with Crippen LogP contribution in [0.5, 0.6) is 0 Å². The van der Waals surface area contributed by atoms with E-state index < -0.39 is 0 Å². The molecule has 17 heavy (non-hydrogen) atoms. The Hall–Kier alpha value is -1.43. The Kier molecular flexibility index (Phi) is 4.49. The standard InChI is InChI=1S/C11H19N5O/c17-11(4-8-16-9-7-14-15-16)13-6-3-10-2-1-5-12-10/h7,9-10,12H,1-6,8H2,(H,13,17)/t10-/m0/s1. The highest BCUT2D eigenvalue weighted by molar-refractivity contribution is 5.75. The summed E-state index contributed by atoms with van der Waals surface area (Å²) in [5.41, 5.74) is 0. The monoisotopic (exact) mass is 237 g/mol. The SMILES string of the molecule is O=C(CCn1ccnn1)NCC[C@@H]1CCCN1. The Morgan fingerprint density at radius 1 is 1.59 bits per heavy atom. The first kappa shape index (κ1) is 12.0. The maximum absolute atomic E-state index is 11.5. The zero-order valence-corrected chi connectivity index (χ0v) is 9.93. The fourth-order valence-corrected chi connectivity index (χ4v) is 2.05. The average molecular weight is 237 g/mol. The molecule has 0 spiro atoms. The fraction of sp³-hybridized carbons (Fsp3) is 0.727. The summed E-state index contributed by atoms with van der Waals surface area (Å²) in [4.78, 5) is 11.5. The van der Waals surface area contributed by atoms with E-state index in [2.05, 4.69) is 20.9 Å². The van der Waals surface area contributed by atoms with E-state index in [4.69, 9.17) is 0 Å². The number of nitrogens with one attached hydrogen (secondary N) is 2. The normalized spacial score (nSPS) is 19.4. The van der Waals surface area contributed by atoms with Crippen LogP contribution in [0, 0.1) is 0 Å². The van der Waals surface area contributed by atoms with Crippen LogP contribution >= 0.6 is 0 Å². The second-order valence-corrected chi connectivity index (χ2v) is 4.35. The van der Waals surface area contributed by atoms with Crippen molar-refractivity contribution < 1.29 is 4.79 Å². The number of carbonyl (C=O) groups is 1. The molecule has 1 fully saturated rings. The quantitative estimate of drug-likeness (QED) is 0.726. The van der Waals surface area contributed by atoms with Gasteiger partial charge in [0, 0.05) is 25.2 Å². The molecule has 2 heterocycles. The highest BCUT2D eigenvalue weighted by Crippen LogP contribution is 2.07.